The second-order valence-corrected chi connectivity index (χ2v) is 6.96. The van der Waals surface area contributed by atoms with Gasteiger partial charge in [0.1, 0.15) is 0 Å². The van der Waals surface area contributed by atoms with Gasteiger partial charge < -0.3 is 10.1 Å². The Kier molecular flexibility index (Phi) is 6.63. The lowest BCUT2D eigenvalue weighted by Crippen LogP contribution is -2.35. The van der Waals surface area contributed by atoms with E-state index in [1.54, 1.807) is 24.3 Å². The smallest absolute Gasteiger partial charge is 0.341 e. The molecule has 2 amide bonds. The van der Waals surface area contributed by atoms with Crippen LogP contribution in [0.4, 0.5) is 11.4 Å². The largest absolute Gasteiger partial charge is 0.452 e. The van der Waals surface area contributed by atoms with E-state index >= 15 is 0 Å². The van der Waals surface area contributed by atoms with Crippen LogP contribution in [0.25, 0.3) is 0 Å². The number of nitro benzene ring substituents is 1. The molecule has 0 aromatic heterocycles. The number of non-ortho nitro benzene ring substituents is 1. The number of halogens is 1. The number of carbonyl (C=O) groups excluding carboxylic acids is 3. The highest BCUT2D eigenvalue weighted by Crippen LogP contribution is 2.25. The van der Waals surface area contributed by atoms with Crippen LogP contribution < -0.4 is 5.32 Å². The first kappa shape index (κ1) is 21.3. The Bertz CT molecular complexity index is 1010. The monoisotopic (exact) mass is 431 g/mol. The van der Waals surface area contributed by atoms with Crippen LogP contribution in [-0.4, -0.2) is 40.8 Å². The summed E-state index contributed by atoms with van der Waals surface area (Å²) in [5.41, 5.74) is 0.651. The molecule has 30 heavy (non-hydrogen) atoms. The summed E-state index contributed by atoms with van der Waals surface area (Å²) in [6.45, 7) is -0.0765. The molecule has 2 aromatic rings. The molecular weight excluding hydrogens is 414 g/mol. The van der Waals surface area contributed by atoms with Crippen LogP contribution in [0, 0.1) is 10.1 Å². The van der Waals surface area contributed by atoms with Gasteiger partial charge in [-0.1, -0.05) is 29.8 Å². The first-order chi connectivity index (χ1) is 14.4. The van der Waals surface area contributed by atoms with E-state index in [0.29, 0.717) is 11.4 Å². The summed E-state index contributed by atoms with van der Waals surface area (Å²) in [5.74, 6) is -1.85. The van der Waals surface area contributed by atoms with Crippen molar-refractivity contribution < 1.29 is 24.0 Å². The third-order valence-electron chi connectivity index (χ3n) is 4.56. The molecule has 9 nitrogen and oxygen atoms in total. The molecule has 1 N–H and O–H groups in total. The molecule has 1 saturated heterocycles. The van der Waals surface area contributed by atoms with Gasteiger partial charge in [0.15, 0.2) is 6.61 Å². The fourth-order valence-electron chi connectivity index (χ4n) is 3.00. The number of likely N-dealkylation sites (tertiary alicyclic amines) is 1. The maximum absolute atomic E-state index is 12.6. The number of nitrogens with one attached hydrogen (secondary N) is 1. The Balaban J connectivity index is 1.75. The van der Waals surface area contributed by atoms with Crippen molar-refractivity contribution in [2.24, 2.45) is 0 Å². The molecule has 2 aromatic carbocycles. The van der Waals surface area contributed by atoms with Gasteiger partial charge in [-0.05, 0) is 24.1 Å². The third-order valence-corrected chi connectivity index (χ3v) is 4.93. The first-order valence-corrected chi connectivity index (χ1v) is 9.50. The van der Waals surface area contributed by atoms with E-state index in [2.05, 4.69) is 5.32 Å². The lowest BCUT2D eigenvalue weighted by molar-refractivity contribution is -0.384. The van der Waals surface area contributed by atoms with Crippen LogP contribution in [0.5, 0.6) is 0 Å². The molecule has 0 atom stereocenters. The molecule has 1 aliphatic rings. The number of nitrogens with zero attached hydrogens (tertiary/aromatic N) is 2. The number of benzene rings is 2. The van der Waals surface area contributed by atoms with Gasteiger partial charge in [-0.15, -0.1) is 0 Å². The number of esters is 1. The first-order valence-electron chi connectivity index (χ1n) is 9.13. The van der Waals surface area contributed by atoms with E-state index in [1.807, 2.05) is 0 Å². The number of ether oxygens (including phenoxy) is 1. The summed E-state index contributed by atoms with van der Waals surface area (Å²) in [5, 5.41) is 14.6. The summed E-state index contributed by atoms with van der Waals surface area (Å²) in [6.07, 6.45) is 0.847. The number of rotatable bonds is 7. The predicted molar refractivity (Wildman–Crippen MR) is 108 cm³/mol. The lowest BCUT2D eigenvalue weighted by Gasteiger charge is -2.15. The number of hydrogen-bond acceptors (Lipinski definition) is 7. The van der Waals surface area contributed by atoms with Crippen molar-refractivity contribution in [2.45, 2.75) is 19.4 Å². The average molecular weight is 432 g/mol. The molecule has 0 aliphatic carbocycles. The minimum atomic E-state index is -0.916. The zero-order valence-corrected chi connectivity index (χ0v) is 16.6. The van der Waals surface area contributed by atoms with Crippen LogP contribution in [-0.2, 0) is 20.9 Å². The molecule has 0 bridgehead atoms. The quantitative estimate of drug-likeness (QED) is 0.406. The summed E-state index contributed by atoms with van der Waals surface area (Å²) >= 11 is 6.13. The Labute approximate surface area is 176 Å². The fourth-order valence-corrected chi connectivity index (χ4v) is 3.20. The highest BCUT2D eigenvalue weighted by atomic mass is 35.5. The highest BCUT2D eigenvalue weighted by Gasteiger charge is 2.27. The highest BCUT2D eigenvalue weighted by molar-refractivity contribution is 6.31. The normalized spacial score (nSPS) is 13.2. The molecule has 0 unspecified atom stereocenters. The third kappa shape index (κ3) is 4.93. The standard InChI is InChI=1S/C20H18ClN3O6/c21-16-5-2-1-4-13(16)11-22-17-8-7-14(24(28)29)10-15(17)20(27)30-12-19(26)23-9-3-6-18(23)25/h1-2,4-5,7-8,10,22H,3,6,9,11-12H2. The average Bonchev–Trinajstić information content (AvgIpc) is 3.17. The molecule has 10 heteroatoms. The zero-order valence-electron chi connectivity index (χ0n) is 15.8. The van der Waals surface area contributed by atoms with Crippen molar-refractivity contribution in [3.05, 3.63) is 68.7 Å². The van der Waals surface area contributed by atoms with E-state index in [0.717, 1.165) is 16.5 Å². The van der Waals surface area contributed by atoms with Gasteiger partial charge in [-0.25, -0.2) is 4.79 Å². The Morgan fingerprint density at radius 1 is 1.23 bits per heavy atom. The molecule has 156 valence electrons. The van der Waals surface area contributed by atoms with Crippen molar-refractivity contribution in [3.8, 4) is 0 Å². The lowest BCUT2D eigenvalue weighted by atomic mass is 10.1. The summed E-state index contributed by atoms with van der Waals surface area (Å²) in [4.78, 5) is 47.8. The molecule has 0 radical (unpaired) electrons. The number of amides is 2. The molecule has 1 fully saturated rings. The Morgan fingerprint density at radius 3 is 2.67 bits per heavy atom. The van der Waals surface area contributed by atoms with Gasteiger partial charge in [-0.2, -0.15) is 0 Å². The number of imide groups is 1. The number of anilines is 1. The molecule has 0 spiro atoms. The van der Waals surface area contributed by atoms with Crippen molar-refractivity contribution in [2.75, 3.05) is 18.5 Å². The molecule has 1 aliphatic heterocycles. The van der Waals surface area contributed by atoms with Gasteiger partial charge in [0.05, 0.1) is 10.5 Å². The Hall–Kier alpha value is -3.46. The Morgan fingerprint density at radius 2 is 2.00 bits per heavy atom. The van der Waals surface area contributed by atoms with Crippen molar-refractivity contribution in [1.29, 1.82) is 0 Å². The topological polar surface area (TPSA) is 119 Å². The van der Waals surface area contributed by atoms with Gasteiger partial charge in [-0.3, -0.25) is 24.6 Å². The second kappa shape index (κ2) is 9.36. The molecule has 0 saturated carbocycles. The molecule has 3 rings (SSSR count). The van der Waals surface area contributed by atoms with E-state index in [-0.39, 0.29) is 42.4 Å². The van der Waals surface area contributed by atoms with E-state index in [1.165, 1.54) is 12.1 Å². The fraction of sp³-hybridized carbons (Fsp3) is 0.250. The SMILES string of the molecule is O=C(OCC(=O)N1CCCC1=O)c1cc([N+](=O)[O-])ccc1NCc1ccccc1Cl. The second-order valence-electron chi connectivity index (χ2n) is 6.55. The zero-order chi connectivity index (χ0) is 21.7. The molecular formula is C20H18ClN3O6. The summed E-state index contributed by atoms with van der Waals surface area (Å²) < 4.78 is 5.03. The predicted octanol–water partition coefficient (Wildman–Crippen LogP) is 3.17. The number of nitro groups is 1. The van der Waals surface area contributed by atoms with Gasteiger partial charge in [0.2, 0.25) is 5.91 Å². The van der Waals surface area contributed by atoms with Gasteiger partial charge in [0.25, 0.3) is 11.6 Å². The minimum Gasteiger partial charge on any atom is -0.452 e. The summed E-state index contributed by atoms with van der Waals surface area (Å²) in [7, 11) is 0. The molecule has 1 heterocycles. The van der Waals surface area contributed by atoms with Crippen molar-refractivity contribution in [1.82, 2.24) is 4.90 Å². The number of carbonyl (C=O) groups is 3. The van der Waals surface area contributed by atoms with E-state index in [9.17, 15) is 24.5 Å². The van der Waals surface area contributed by atoms with Crippen LogP contribution in [0.2, 0.25) is 5.02 Å². The van der Waals surface area contributed by atoms with Gasteiger partial charge >= 0.3 is 5.97 Å². The van der Waals surface area contributed by atoms with Crippen LogP contribution in [0.1, 0.15) is 28.8 Å². The van der Waals surface area contributed by atoms with E-state index in [4.69, 9.17) is 16.3 Å². The van der Waals surface area contributed by atoms with Crippen molar-refractivity contribution >= 4 is 40.8 Å². The number of hydrogen-bond donors (Lipinski definition) is 1. The minimum absolute atomic E-state index is 0.100. The van der Waals surface area contributed by atoms with Gasteiger partial charge in [0, 0.05) is 42.4 Å². The van der Waals surface area contributed by atoms with Crippen molar-refractivity contribution in [3.63, 3.8) is 0 Å². The van der Waals surface area contributed by atoms with Crippen LogP contribution >= 0.6 is 11.6 Å². The maximum Gasteiger partial charge on any atom is 0.341 e. The van der Waals surface area contributed by atoms with Crippen LogP contribution in [0.3, 0.4) is 0 Å². The van der Waals surface area contributed by atoms with Crippen LogP contribution in [0.15, 0.2) is 42.5 Å². The van der Waals surface area contributed by atoms with E-state index < -0.39 is 23.4 Å². The summed E-state index contributed by atoms with van der Waals surface area (Å²) in [6, 6.07) is 10.8. The maximum atomic E-state index is 12.6.